The van der Waals surface area contributed by atoms with Crippen molar-refractivity contribution >= 4 is 40.4 Å². The molecule has 1 aliphatic heterocycles. The number of aryl methyl sites for hydroxylation is 2. The first-order valence-electron chi connectivity index (χ1n) is 8.76. The van der Waals surface area contributed by atoms with Crippen molar-refractivity contribution in [1.29, 1.82) is 0 Å². The van der Waals surface area contributed by atoms with Crippen molar-refractivity contribution in [2.45, 2.75) is 32.6 Å². The predicted molar refractivity (Wildman–Crippen MR) is 107 cm³/mol. The van der Waals surface area contributed by atoms with E-state index in [2.05, 4.69) is 17.3 Å². The molecule has 7 heteroatoms. The summed E-state index contributed by atoms with van der Waals surface area (Å²) in [6, 6.07) is 11.4. The monoisotopic (exact) mass is 399 g/mol. The number of nitrogens with one attached hydrogen (secondary N) is 1. The van der Waals surface area contributed by atoms with Crippen LogP contribution in [0.1, 0.15) is 45.8 Å². The highest BCUT2D eigenvalue weighted by atomic mass is 35.5. The number of anilines is 1. The minimum absolute atomic E-state index is 0.0908. The zero-order valence-electron chi connectivity index (χ0n) is 15.0. The fourth-order valence-corrected chi connectivity index (χ4v) is 4.49. The molecule has 3 aromatic rings. The molecule has 3 heterocycles. The Kier molecular flexibility index (Phi) is 4.61. The van der Waals surface area contributed by atoms with Crippen LogP contribution in [0.4, 0.5) is 5.82 Å². The van der Waals surface area contributed by atoms with Crippen molar-refractivity contribution in [3.63, 3.8) is 0 Å². The van der Waals surface area contributed by atoms with Crippen LogP contribution in [0, 0.1) is 6.92 Å². The molecular weight excluding hydrogens is 382 g/mol. The number of hydrogen-bond acceptors (Lipinski definition) is 4. The van der Waals surface area contributed by atoms with Gasteiger partial charge in [0.1, 0.15) is 5.82 Å². The molecule has 1 atom stereocenters. The molecule has 0 spiro atoms. The quantitative estimate of drug-likeness (QED) is 0.643. The SMILES string of the molecule is CCc1ccc(-n2nc(C)c3c2NC(=O)C[C@H]3C(=O)c2ccc(Cl)s2)cc1. The Bertz CT molecular complexity index is 1040. The summed E-state index contributed by atoms with van der Waals surface area (Å²) in [5.41, 5.74) is 3.60. The van der Waals surface area contributed by atoms with Gasteiger partial charge in [-0.3, -0.25) is 9.59 Å². The van der Waals surface area contributed by atoms with Crippen LogP contribution >= 0.6 is 22.9 Å². The average Bonchev–Trinajstić information content (AvgIpc) is 3.24. The van der Waals surface area contributed by atoms with Crippen molar-refractivity contribution in [2.24, 2.45) is 0 Å². The maximum Gasteiger partial charge on any atom is 0.226 e. The highest BCUT2D eigenvalue weighted by molar-refractivity contribution is 7.18. The summed E-state index contributed by atoms with van der Waals surface area (Å²) >= 11 is 7.22. The summed E-state index contributed by atoms with van der Waals surface area (Å²) in [6.45, 7) is 3.97. The highest BCUT2D eigenvalue weighted by Gasteiger charge is 2.36. The lowest BCUT2D eigenvalue weighted by molar-refractivity contribution is -0.116. The Hall–Kier alpha value is -2.44. The van der Waals surface area contributed by atoms with Gasteiger partial charge in [0.25, 0.3) is 0 Å². The molecule has 0 aliphatic carbocycles. The number of carbonyl (C=O) groups is 2. The second-order valence-corrected chi connectivity index (χ2v) is 8.27. The van der Waals surface area contributed by atoms with Gasteiger partial charge in [-0.05, 0) is 43.2 Å². The number of carbonyl (C=O) groups excluding carboxylic acids is 2. The Morgan fingerprint density at radius 1 is 1.30 bits per heavy atom. The van der Waals surface area contributed by atoms with Crippen LogP contribution in [-0.4, -0.2) is 21.5 Å². The first kappa shape index (κ1) is 17.9. The summed E-state index contributed by atoms with van der Waals surface area (Å²) in [5, 5.41) is 7.52. The van der Waals surface area contributed by atoms with Gasteiger partial charge in [0.2, 0.25) is 5.91 Å². The van der Waals surface area contributed by atoms with Crippen molar-refractivity contribution < 1.29 is 9.59 Å². The molecule has 5 nitrogen and oxygen atoms in total. The fourth-order valence-electron chi connectivity index (χ4n) is 3.45. The molecule has 0 saturated carbocycles. The van der Waals surface area contributed by atoms with Crippen molar-refractivity contribution in [1.82, 2.24) is 9.78 Å². The number of aromatic nitrogens is 2. The first-order valence-corrected chi connectivity index (χ1v) is 9.95. The Morgan fingerprint density at radius 2 is 2.04 bits per heavy atom. The van der Waals surface area contributed by atoms with E-state index >= 15 is 0 Å². The Labute approximate surface area is 166 Å². The number of fused-ring (bicyclic) bond motifs is 1. The molecule has 27 heavy (non-hydrogen) atoms. The Balaban J connectivity index is 1.79. The second kappa shape index (κ2) is 6.94. The maximum atomic E-state index is 13.0. The van der Waals surface area contributed by atoms with Gasteiger partial charge in [-0.15, -0.1) is 11.3 Å². The van der Waals surface area contributed by atoms with Crippen LogP contribution in [0.5, 0.6) is 0 Å². The predicted octanol–water partition coefficient (Wildman–Crippen LogP) is 4.77. The van der Waals surface area contributed by atoms with E-state index in [1.54, 1.807) is 16.8 Å². The van der Waals surface area contributed by atoms with E-state index in [0.717, 1.165) is 23.4 Å². The normalized spacial score (nSPS) is 16.1. The molecule has 138 valence electrons. The summed E-state index contributed by atoms with van der Waals surface area (Å²) in [5.74, 6) is -0.247. The third-order valence-electron chi connectivity index (χ3n) is 4.82. The number of Topliss-reactive ketones (excluding diaryl/α,β-unsaturated/α-hetero) is 1. The molecule has 0 radical (unpaired) electrons. The molecule has 1 amide bonds. The molecule has 1 aliphatic rings. The molecule has 0 unspecified atom stereocenters. The molecule has 1 aromatic carbocycles. The fraction of sp³-hybridized carbons (Fsp3) is 0.250. The lowest BCUT2D eigenvalue weighted by Gasteiger charge is -2.22. The van der Waals surface area contributed by atoms with Crippen LogP contribution in [0.2, 0.25) is 4.34 Å². The third-order valence-corrected chi connectivity index (χ3v) is 6.07. The van der Waals surface area contributed by atoms with E-state index < -0.39 is 5.92 Å². The van der Waals surface area contributed by atoms with Gasteiger partial charge in [0.15, 0.2) is 5.78 Å². The summed E-state index contributed by atoms with van der Waals surface area (Å²) in [6.07, 6.45) is 1.07. The van der Waals surface area contributed by atoms with E-state index in [0.29, 0.717) is 15.0 Å². The van der Waals surface area contributed by atoms with Crippen LogP contribution in [0.25, 0.3) is 5.69 Å². The van der Waals surface area contributed by atoms with E-state index in [1.807, 2.05) is 31.2 Å². The second-order valence-electron chi connectivity index (χ2n) is 6.55. The standard InChI is InChI=1S/C20H18ClN3O2S/c1-3-12-4-6-13(7-5-12)24-20-18(11(2)23-24)14(10-17(25)22-20)19(26)15-8-9-16(21)27-15/h4-9,14H,3,10H2,1-2H3,(H,22,25)/t14-/m1/s1. The molecule has 0 bridgehead atoms. The van der Waals surface area contributed by atoms with E-state index in [9.17, 15) is 9.59 Å². The van der Waals surface area contributed by atoms with E-state index in [4.69, 9.17) is 11.6 Å². The van der Waals surface area contributed by atoms with E-state index in [-0.39, 0.29) is 18.1 Å². The number of halogens is 1. The maximum absolute atomic E-state index is 13.0. The number of benzene rings is 1. The van der Waals surface area contributed by atoms with Crippen LogP contribution < -0.4 is 5.32 Å². The first-order chi connectivity index (χ1) is 13.0. The number of thiophene rings is 1. The number of ketones is 1. The van der Waals surface area contributed by atoms with Gasteiger partial charge in [-0.2, -0.15) is 5.10 Å². The summed E-state index contributed by atoms with van der Waals surface area (Å²) in [4.78, 5) is 25.9. The van der Waals surface area contributed by atoms with Gasteiger partial charge < -0.3 is 5.32 Å². The minimum atomic E-state index is -0.549. The van der Waals surface area contributed by atoms with Crippen molar-refractivity contribution in [3.05, 3.63) is 62.4 Å². The van der Waals surface area contributed by atoms with Gasteiger partial charge in [-0.1, -0.05) is 30.7 Å². The van der Waals surface area contributed by atoms with Gasteiger partial charge >= 0.3 is 0 Å². The zero-order valence-corrected chi connectivity index (χ0v) is 16.5. The number of hydrogen-bond donors (Lipinski definition) is 1. The number of rotatable bonds is 4. The van der Waals surface area contributed by atoms with Crippen LogP contribution in [0.3, 0.4) is 0 Å². The van der Waals surface area contributed by atoms with Crippen molar-refractivity contribution in [2.75, 3.05) is 5.32 Å². The Morgan fingerprint density at radius 3 is 2.67 bits per heavy atom. The molecule has 4 rings (SSSR count). The summed E-state index contributed by atoms with van der Waals surface area (Å²) < 4.78 is 2.27. The third kappa shape index (κ3) is 3.19. The molecule has 1 N–H and O–H groups in total. The molecule has 0 saturated heterocycles. The van der Waals surface area contributed by atoms with Crippen LogP contribution in [0.15, 0.2) is 36.4 Å². The minimum Gasteiger partial charge on any atom is -0.310 e. The van der Waals surface area contributed by atoms with Crippen LogP contribution in [-0.2, 0) is 11.2 Å². The van der Waals surface area contributed by atoms with Gasteiger partial charge in [0.05, 0.1) is 26.5 Å². The molecular formula is C20H18ClN3O2S. The van der Waals surface area contributed by atoms with E-state index in [1.165, 1.54) is 16.9 Å². The lowest BCUT2D eigenvalue weighted by atomic mass is 9.87. The topological polar surface area (TPSA) is 64.0 Å². The largest absolute Gasteiger partial charge is 0.310 e. The average molecular weight is 400 g/mol. The summed E-state index contributed by atoms with van der Waals surface area (Å²) in [7, 11) is 0. The molecule has 0 fully saturated rings. The smallest absolute Gasteiger partial charge is 0.226 e. The lowest BCUT2D eigenvalue weighted by Crippen LogP contribution is -2.28. The highest BCUT2D eigenvalue weighted by Crippen LogP contribution is 2.39. The van der Waals surface area contributed by atoms with Gasteiger partial charge in [-0.25, -0.2) is 4.68 Å². The van der Waals surface area contributed by atoms with Crippen molar-refractivity contribution in [3.8, 4) is 5.69 Å². The zero-order chi connectivity index (χ0) is 19.1. The number of nitrogens with zero attached hydrogens (tertiary/aromatic N) is 2. The van der Waals surface area contributed by atoms with Gasteiger partial charge in [0, 0.05) is 12.0 Å². The number of amides is 1. The molecule has 2 aromatic heterocycles.